The molecule has 1 aromatic carbocycles. The fraction of sp³-hybridized carbons (Fsp3) is 0.542. The summed E-state index contributed by atoms with van der Waals surface area (Å²) < 4.78 is 51.9. The zero-order valence-corrected chi connectivity index (χ0v) is 21.2. The van der Waals surface area contributed by atoms with Gasteiger partial charge < -0.3 is 14.6 Å². The van der Waals surface area contributed by atoms with Gasteiger partial charge in [0.25, 0.3) is 0 Å². The molecule has 0 saturated heterocycles. The molecule has 1 amide bonds. The van der Waals surface area contributed by atoms with Crippen molar-refractivity contribution in [1.29, 1.82) is 0 Å². The molecule has 2 heterocycles. The Morgan fingerprint density at radius 1 is 1.24 bits per heavy atom. The summed E-state index contributed by atoms with van der Waals surface area (Å²) in [7, 11) is -1.48. The predicted molar refractivity (Wildman–Crippen MR) is 128 cm³/mol. The number of nitrogens with zero attached hydrogens (tertiary/aromatic N) is 3. The summed E-state index contributed by atoms with van der Waals surface area (Å²) in [6, 6.07) is 3.64. The first-order chi connectivity index (χ1) is 15.8. The molecule has 1 aliphatic rings. The highest BCUT2D eigenvalue weighted by Crippen LogP contribution is 2.35. The van der Waals surface area contributed by atoms with E-state index in [-0.39, 0.29) is 11.5 Å². The fourth-order valence-corrected chi connectivity index (χ4v) is 4.25. The first-order valence-corrected chi connectivity index (χ1v) is 12.3. The molecule has 3 atom stereocenters. The minimum atomic E-state index is -1.48. The van der Waals surface area contributed by atoms with Crippen molar-refractivity contribution >= 4 is 23.3 Å². The second-order valence-corrected chi connectivity index (χ2v) is 12.3. The summed E-state index contributed by atoms with van der Waals surface area (Å²) >= 11 is 0. The van der Waals surface area contributed by atoms with Crippen molar-refractivity contribution in [3.63, 3.8) is 0 Å². The predicted octanol–water partition coefficient (Wildman–Crippen LogP) is 5.19. The van der Waals surface area contributed by atoms with E-state index in [4.69, 9.17) is 4.74 Å². The van der Waals surface area contributed by atoms with Crippen molar-refractivity contribution in [2.45, 2.75) is 83.2 Å². The molecule has 1 aromatic heterocycles. The van der Waals surface area contributed by atoms with E-state index in [0.29, 0.717) is 30.9 Å². The van der Waals surface area contributed by atoms with Crippen molar-refractivity contribution in [3.05, 3.63) is 53.1 Å². The number of rotatable bonds is 4. The highest BCUT2D eigenvalue weighted by molar-refractivity contribution is 7.85. The first kappa shape index (κ1) is 26.0. The summed E-state index contributed by atoms with van der Waals surface area (Å²) in [6.07, 6.45) is 3.39. The number of imidazole rings is 1. The summed E-state index contributed by atoms with van der Waals surface area (Å²) in [5, 5.41) is 2.86. The quantitative estimate of drug-likeness (QED) is 0.593. The summed E-state index contributed by atoms with van der Waals surface area (Å²) in [4.78, 5) is 17.0. The molecule has 34 heavy (non-hydrogen) atoms. The van der Waals surface area contributed by atoms with Crippen LogP contribution in [-0.2, 0) is 22.3 Å². The van der Waals surface area contributed by atoms with Gasteiger partial charge in [-0.3, -0.25) is 0 Å². The number of aromatic nitrogens is 2. The van der Waals surface area contributed by atoms with Gasteiger partial charge in [0.15, 0.2) is 11.6 Å². The zero-order valence-electron chi connectivity index (χ0n) is 20.4. The number of alkyl carbamates (subject to hydrolysis) is 1. The van der Waals surface area contributed by atoms with Crippen molar-refractivity contribution in [3.8, 4) is 0 Å². The lowest BCUT2D eigenvalue weighted by atomic mass is 9.93. The van der Waals surface area contributed by atoms with Gasteiger partial charge in [-0.05, 0) is 66.0 Å². The number of amides is 1. The maximum atomic E-state index is 14.6. The number of halogens is 2. The molecule has 0 spiro atoms. The van der Waals surface area contributed by atoms with E-state index in [2.05, 4.69) is 14.7 Å². The van der Waals surface area contributed by atoms with E-state index in [9.17, 15) is 17.8 Å². The lowest BCUT2D eigenvalue weighted by Gasteiger charge is -2.23. The van der Waals surface area contributed by atoms with Crippen LogP contribution in [-0.4, -0.2) is 36.4 Å². The molecule has 0 radical (unpaired) electrons. The van der Waals surface area contributed by atoms with Gasteiger partial charge in [0.1, 0.15) is 22.4 Å². The second-order valence-electron chi connectivity index (χ2n) is 10.4. The third-order valence-corrected chi connectivity index (χ3v) is 6.70. The van der Waals surface area contributed by atoms with Gasteiger partial charge in [-0.15, -0.1) is 0 Å². The number of benzene rings is 1. The van der Waals surface area contributed by atoms with E-state index in [1.165, 1.54) is 12.3 Å². The standard InChI is InChI=1S/C24H32F2N4O3S/c1-23(2,3)33-22(31)29-19-11-10-15(17-8-7-9-18(25)20(17)26)14-30-16(12-27-21(19)30)13-28-34(32)24(4,5)6/h7-9,12-13,15,19H,10-11,14H2,1-6H3,(H,29,31)/t15-,19-,34?/m1/s1. The Bertz CT molecular complexity index is 1100. The van der Waals surface area contributed by atoms with Gasteiger partial charge in [0, 0.05) is 12.5 Å². The molecule has 186 valence electrons. The average molecular weight is 495 g/mol. The molecular weight excluding hydrogens is 462 g/mol. The van der Waals surface area contributed by atoms with Crippen molar-refractivity contribution < 1.29 is 22.5 Å². The first-order valence-electron chi connectivity index (χ1n) is 11.2. The molecule has 1 unspecified atom stereocenters. The minimum absolute atomic E-state index is 0.263. The van der Waals surface area contributed by atoms with Crippen molar-refractivity contribution in [2.75, 3.05) is 0 Å². The number of ether oxygens (including phenoxy) is 1. The van der Waals surface area contributed by atoms with E-state index in [1.54, 1.807) is 33.0 Å². The van der Waals surface area contributed by atoms with E-state index in [0.717, 1.165) is 6.07 Å². The number of fused-ring (bicyclic) bond motifs is 1. The smallest absolute Gasteiger partial charge is 0.408 e. The average Bonchev–Trinajstić information content (AvgIpc) is 3.02. The Morgan fingerprint density at radius 3 is 2.59 bits per heavy atom. The largest absolute Gasteiger partial charge is 0.444 e. The number of hydrogen-bond acceptors (Lipinski definition) is 4. The molecule has 1 aliphatic heterocycles. The van der Waals surface area contributed by atoms with Crippen LogP contribution in [0.15, 0.2) is 28.8 Å². The third kappa shape index (κ3) is 6.28. The van der Waals surface area contributed by atoms with E-state index < -0.39 is 45.1 Å². The number of carbonyl (C=O) groups is 1. The molecule has 0 saturated carbocycles. The van der Waals surface area contributed by atoms with Gasteiger partial charge in [-0.25, -0.2) is 22.8 Å². The van der Waals surface area contributed by atoms with Crippen molar-refractivity contribution in [2.24, 2.45) is 4.40 Å². The molecule has 1 N–H and O–H groups in total. The van der Waals surface area contributed by atoms with Gasteiger partial charge in [-0.2, -0.15) is 4.40 Å². The molecule has 10 heteroatoms. The number of carbonyl (C=O) groups excluding carboxylic acids is 1. The highest BCUT2D eigenvalue weighted by atomic mass is 32.2. The maximum Gasteiger partial charge on any atom is 0.408 e. The molecule has 0 aliphatic carbocycles. The zero-order chi connectivity index (χ0) is 25.3. The van der Waals surface area contributed by atoms with Crippen LogP contribution in [0.4, 0.5) is 13.6 Å². The van der Waals surface area contributed by atoms with E-state index >= 15 is 0 Å². The maximum absolute atomic E-state index is 14.6. The molecule has 2 aromatic rings. The van der Waals surface area contributed by atoms with Gasteiger partial charge in [0.05, 0.1) is 28.9 Å². The highest BCUT2D eigenvalue weighted by Gasteiger charge is 2.31. The van der Waals surface area contributed by atoms with Crippen LogP contribution in [0.1, 0.15) is 83.4 Å². The van der Waals surface area contributed by atoms with Gasteiger partial charge in [-0.1, -0.05) is 12.1 Å². The molecule has 0 bridgehead atoms. The minimum Gasteiger partial charge on any atom is -0.444 e. The normalized spacial score (nSPS) is 20.0. The summed E-state index contributed by atoms with van der Waals surface area (Å²) in [6.45, 7) is 11.1. The van der Waals surface area contributed by atoms with Crippen LogP contribution in [0.5, 0.6) is 0 Å². The summed E-state index contributed by atoms with van der Waals surface area (Å²) in [5.41, 5.74) is 0.151. The lowest BCUT2D eigenvalue weighted by Crippen LogP contribution is -2.35. The van der Waals surface area contributed by atoms with Crippen LogP contribution in [0.3, 0.4) is 0 Å². The molecule has 7 nitrogen and oxygen atoms in total. The van der Waals surface area contributed by atoms with E-state index in [1.807, 2.05) is 25.3 Å². The molecule has 3 rings (SSSR count). The van der Waals surface area contributed by atoms with Crippen LogP contribution in [0, 0.1) is 11.6 Å². The van der Waals surface area contributed by atoms with Crippen LogP contribution >= 0.6 is 0 Å². The van der Waals surface area contributed by atoms with Gasteiger partial charge >= 0.3 is 6.09 Å². The third-order valence-electron chi connectivity index (χ3n) is 5.35. The van der Waals surface area contributed by atoms with Crippen LogP contribution < -0.4 is 5.32 Å². The van der Waals surface area contributed by atoms with Crippen LogP contribution in [0.25, 0.3) is 0 Å². The number of nitrogens with one attached hydrogen (secondary N) is 1. The Morgan fingerprint density at radius 2 is 1.94 bits per heavy atom. The molecule has 0 fully saturated rings. The van der Waals surface area contributed by atoms with Crippen molar-refractivity contribution in [1.82, 2.24) is 14.9 Å². The Hall–Kier alpha value is -2.62. The number of hydrogen-bond donors (Lipinski definition) is 1. The van der Waals surface area contributed by atoms with Crippen LogP contribution in [0.2, 0.25) is 0 Å². The Labute approximate surface area is 201 Å². The summed E-state index contributed by atoms with van der Waals surface area (Å²) in [5.74, 6) is -1.60. The lowest BCUT2D eigenvalue weighted by molar-refractivity contribution is 0.0498. The van der Waals surface area contributed by atoms with Gasteiger partial charge in [0.2, 0.25) is 0 Å². The SMILES string of the molecule is CC(C)(C)OC(=O)N[C@@H]1CC[C@@H](c2cccc(F)c2F)Cn2c(C=NS(=O)C(C)(C)C)cnc21. The second kappa shape index (κ2) is 9.93. The monoisotopic (exact) mass is 494 g/mol. The molecular formula is C24H32F2N4O3S. The Kier molecular flexibility index (Phi) is 7.59. The topological polar surface area (TPSA) is 85.6 Å². The fourth-order valence-electron chi connectivity index (χ4n) is 3.73. The Balaban J connectivity index is 1.98.